The molecule has 1 saturated heterocycles. The van der Waals surface area contributed by atoms with Gasteiger partial charge in [0, 0.05) is 13.2 Å². The molecule has 1 fully saturated rings. The minimum atomic E-state index is 0.000615. The van der Waals surface area contributed by atoms with E-state index in [0.717, 1.165) is 19.4 Å². The van der Waals surface area contributed by atoms with Gasteiger partial charge in [-0.3, -0.25) is 10.1 Å². The highest BCUT2D eigenvalue weighted by Crippen LogP contribution is 2.12. The number of nitrogens with one attached hydrogen (secondary N) is 1. The van der Waals surface area contributed by atoms with Gasteiger partial charge in [0.15, 0.2) is 0 Å². The number of hydrogen-bond acceptors (Lipinski definition) is 3. The standard InChI is InChI=1S/C13H26N2O2/c1-5-12-13(16)15(11(4)14-12)7-9-17-8-6-10(2)3/h10-12,14H,5-9H2,1-4H3. The highest BCUT2D eigenvalue weighted by atomic mass is 16.5. The molecule has 0 aromatic heterocycles. The van der Waals surface area contributed by atoms with Gasteiger partial charge in [0.25, 0.3) is 0 Å². The summed E-state index contributed by atoms with van der Waals surface area (Å²) in [5, 5.41) is 3.28. The summed E-state index contributed by atoms with van der Waals surface area (Å²) in [7, 11) is 0. The minimum absolute atomic E-state index is 0.000615. The summed E-state index contributed by atoms with van der Waals surface area (Å²) in [4.78, 5) is 13.8. The second-order valence-electron chi connectivity index (χ2n) is 5.13. The van der Waals surface area contributed by atoms with Crippen LogP contribution < -0.4 is 5.32 Å². The number of nitrogens with zero attached hydrogens (tertiary/aromatic N) is 1. The molecule has 17 heavy (non-hydrogen) atoms. The Kier molecular flexibility index (Phi) is 5.92. The fourth-order valence-electron chi connectivity index (χ4n) is 2.02. The lowest BCUT2D eigenvalue weighted by molar-refractivity contribution is -0.130. The Balaban J connectivity index is 2.20. The second-order valence-corrected chi connectivity index (χ2v) is 5.13. The fourth-order valence-corrected chi connectivity index (χ4v) is 2.02. The summed E-state index contributed by atoms with van der Waals surface area (Å²) in [6, 6.07) is 0.000615. The van der Waals surface area contributed by atoms with Gasteiger partial charge in [0.1, 0.15) is 0 Å². The lowest BCUT2D eigenvalue weighted by atomic mass is 10.1. The number of rotatable bonds is 7. The molecule has 0 radical (unpaired) electrons. The molecule has 0 aromatic rings. The van der Waals surface area contributed by atoms with Gasteiger partial charge in [-0.2, -0.15) is 0 Å². The monoisotopic (exact) mass is 242 g/mol. The molecule has 0 spiro atoms. The van der Waals surface area contributed by atoms with E-state index in [1.807, 2.05) is 18.7 Å². The average Bonchev–Trinajstić information content (AvgIpc) is 2.54. The largest absolute Gasteiger partial charge is 0.380 e. The maximum atomic E-state index is 11.9. The van der Waals surface area contributed by atoms with E-state index in [2.05, 4.69) is 19.2 Å². The number of amides is 1. The van der Waals surface area contributed by atoms with Gasteiger partial charge in [0.05, 0.1) is 18.8 Å². The van der Waals surface area contributed by atoms with Crippen LogP contribution in [0.2, 0.25) is 0 Å². The van der Waals surface area contributed by atoms with Crippen molar-refractivity contribution in [2.24, 2.45) is 5.92 Å². The molecule has 4 nitrogen and oxygen atoms in total. The quantitative estimate of drug-likeness (QED) is 0.690. The van der Waals surface area contributed by atoms with Crippen LogP contribution in [0.25, 0.3) is 0 Å². The molecule has 100 valence electrons. The van der Waals surface area contributed by atoms with E-state index in [1.165, 1.54) is 0 Å². The van der Waals surface area contributed by atoms with Gasteiger partial charge in [-0.15, -0.1) is 0 Å². The van der Waals surface area contributed by atoms with E-state index in [1.54, 1.807) is 0 Å². The lowest BCUT2D eigenvalue weighted by Crippen LogP contribution is -2.37. The number of hydrogen-bond donors (Lipinski definition) is 1. The SMILES string of the molecule is CCC1NC(C)N(CCOCCC(C)C)C1=O. The van der Waals surface area contributed by atoms with Crippen molar-refractivity contribution >= 4 is 5.91 Å². The summed E-state index contributed by atoms with van der Waals surface area (Å²) in [5.41, 5.74) is 0. The molecule has 2 atom stereocenters. The molecule has 4 heteroatoms. The Labute approximate surface area is 105 Å². The zero-order chi connectivity index (χ0) is 12.8. The Hall–Kier alpha value is -0.610. The summed E-state index contributed by atoms with van der Waals surface area (Å²) < 4.78 is 5.55. The van der Waals surface area contributed by atoms with E-state index in [0.29, 0.717) is 19.1 Å². The first-order valence-electron chi connectivity index (χ1n) is 6.70. The van der Waals surface area contributed by atoms with Crippen LogP contribution in [0.3, 0.4) is 0 Å². The molecule has 0 saturated carbocycles. The zero-order valence-electron chi connectivity index (χ0n) is 11.5. The van der Waals surface area contributed by atoms with Crippen LogP contribution >= 0.6 is 0 Å². The second kappa shape index (κ2) is 6.97. The van der Waals surface area contributed by atoms with Crippen LogP contribution in [0.4, 0.5) is 0 Å². The summed E-state index contributed by atoms with van der Waals surface area (Å²) in [5.74, 6) is 0.890. The molecule has 0 aliphatic carbocycles. The third kappa shape index (κ3) is 4.28. The Morgan fingerprint density at radius 1 is 1.41 bits per heavy atom. The molecular formula is C13H26N2O2. The Morgan fingerprint density at radius 3 is 2.65 bits per heavy atom. The topological polar surface area (TPSA) is 41.6 Å². The first kappa shape index (κ1) is 14.5. The summed E-state index contributed by atoms with van der Waals surface area (Å²) in [6.45, 7) is 10.6. The van der Waals surface area contributed by atoms with E-state index < -0.39 is 0 Å². The van der Waals surface area contributed by atoms with Crippen molar-refractivity contribution in [3.8, 4) is 0 Å². The summed E-state index contributed by atoms with van der Waals surface area (Å²) >= 11 is 0. The van der Waals surface area contributed by atoms with Crippen molar-refractivity contribution in [1.82, 2.24) is 10.2 Å². The van der Waals surface area contributed by atoms with Crippen LogP contribution in [0.1, 0.15) is 40.5 Å². The molecule has 1 aliphatic rings. The van der Waals surface area contributed by atoms with Gasteiger partial charge >= 0.3 is 0 Å². The third-order valence-corrected chi connectivity index (χ3v) is 3.22. The molecule has 1 aliphatic heterocycles. The maximum Gasteiger partial charge on any atom is 0.241 e. The highest BCUT2D eigenvalue weighted by molar-refractivity contribution is 5.84. The van der Waals surface area contributed by atoms with E-state index >= 15 is 0 Å². The summed E-state index contributed by atoms with van der Waals surface area (Å²) in [6.07, 6.45) is 2.08. The molecule has 0 aromatic carbocycles. The van der Waals surface area contributed by atoms with E-state index in [4.69, 9.17) is 4.74 Å². The maximum absolute atomic E-state index is 11.9. The van der Waals surface area contributed by atoms with Crippen LogP contribution in [0.15, 0.2) is 0 Å². The van der Waals surface area contributed by atoms with Crippen molar-refractivity contribution in [2.75, 3.05) is 19.8 Å². The predicted molar refractivity (Wildman–Crippen MR) is 68.7 cm³/mol. The average molecular weight is 242 g/mol. The van der Waals surface area contributed by atoms with Crippen LogP contribution in [-0.4, -0.2) is 42.8 Å². The molecule has 1 rings (SSSR count). The van der Waals surface area contributed by atoms with Crippen molar-refractivity contribution in [3.05, 3.63) is 0 Å². The van der Waals surface area contributed by atoms with Gasteiger partial charge < -0.3 is 9.64 Å². The molecule has 2 unspecified atom stereocenters. The highest BCUT2D eigenvalue weighted by Gasteiger charge is 2.34. The van der Waals surface area contributed by atoms with Crippen molar-refractivity contribution < 1.29 is 9.53 Å². The van der Waals surface area contributed by atoms with Gasteiger partial charge in [-0.25, -0.2) is 0 Å². The molecule has 1 amide bonds. The smallest absolute Gasteiger partial charge is 0.241 e. The number of carbonyl (C=O) groups is 1. The predicted octanol–water partition coefficient (Wildman–Crippen LogP) is 1.61. The first-order valence-corrected chi connectivity index (χ1v) is 6.70. The van der Waals surface area contributed by atoms with Crippen LogP contribution in [-0.2, 0) is 9.53 Å². The van der Waals surface area contributed by atoms with Gasteiger partial charge in [0.2, 0.25) is 5.91 Å². The Morgan fingerprint density at radius 2 is 2.12 bits per heavy atom. The van der Waals surface area contributed by atoms with Crippen molar-refractivity contribution in [2.45, 2.75) is 52.7 Å². The first-order chi connectivity index (χ1) is 8.06. The molecule has 0 bridgehead atoms. The third-order valence-electron chi connectivity index (χ3n) is 3.22. The Bertz CT molecular complexity index is 244. The normalized spacial score (nSPS) is 25.0. The van der Waals surface area contributed by atoms with Gasteiger partial charge in [-0.05, 0) is 25.7 Å². The van der Waals surface area contributed by atoms with Gasteiger partial charge in [-0.1, -0.05) is 20.8 Å². The van der Waals surface area contributed by atoms with E-state index in [9.17, 15) is 4.79 Å². The fraction of sp³-hybridized carbons (Fsp3) is 0.923. The number of carbonyl (C=O) groups excluding carboxylic acids is 1. The molecule has 1 heterocycles. The van der Waals surface area contributed by atoms with Crippen LogP contribution in [0.5, 0.6) is 0 Å². The van der Waals surface area contributed by atoms with Crippen molar-refractivity contribution in [1.29, 1.82) is 0 Å². The lowest BCUT2D eigenvalue weighted by Gasteiger charge is -2.20. The molecular weight excluding hydrogens is 216 g/mol. The minimum Gasteiger partial charge on any atom is -0.380 e. The van der Waals surface area contributed by atoms with Crippen molar-refractivity contribution in [3.63, 3.8) is 0 Å². The van der Waals surface area contributed by atoms with E-state index in [-0.39, 0.29) is 18.1 Å². The van der Waals surface area contributed by atoms with Crippen LogP contribution in [0, 0.1) is 5.92 Å². The zero-order valence-corrected chi connectivity index (χ0v) is 11.5. The number of ether oxygens (including phenoxy) is 1. The molecule has 1 N–H and O–H groups in total.